The minimum absolute atomic E-state index is 0.00862. The van der Waals surface area contributed by atoms with E-state index in [0.717, 1.165) is 16.9 Å². The zero-order valence-electron chi connectivity index (χ0n) is 17.9. The number of hydrogen-bond acceptors (Lipinski definition) is 3. The topological polar surface area (TPSA) is 49.4 Å². The third-order valence-corrected chi connectivity index (χ3v) is 5.47. The minimum Gasteiger partial charge on any atom is -0.350 e. The average molecular weight is 413 g/mol. The SMILES string of the molecule is CC[C@@H](C(=O)NC(C)(C)C)N(CCc1ccccc1)C(=O)CSc1ccccc1. The molecule has 0 bridgehead atoms. The summed E-state index contributed by atoms with van der Waals surface area (Å²) in [5.41, 5.74) is 0.823. The van der Waals surface area contributed by atoms with Crippen molar-refractivity contribution in [2.45, 2.75) is 57.0 Å². The molecule has 4 nitrogen and oxygen atoms in total. The Balaban J connectivity index is 2.13. The van der Waals surface area contributed by atoms with E-state index in [4.69, 9.17) is 0 Å². The van der Waals surface area contributed by atoms with Crippen LogP contribution < -0.4 is 5.32 Å². The van der Waals surface area contributed by atoms with E-state index in [1.54, 1.807) is 4.90 Å². The number of thioether (sulfide) groups is 1. The van der Waals surface area contributed by atoms with Crippen LogP contribution in [0.3, 0.4) is 0 Å². The van der Waals surface area contributed by atoms with Crippen LogP contribution in [0.1, 0.15) is 39.7 Å². The first-order valence-electron chi connectivity index (χ1n) is 10.1. The predicted octanol–water partition coefficient (Wildman–Crippen LogP) is 4.54. The van der Waals surface area contributed by atoms with Gasteiger partial charge in [0.05, 0.1) is 5.75 Å². The second-order valence-corrected chi connectivity index (χ2v) is 9.14. The highest BCUT2D eigenvalue weighted by molar-refractivity contribution is 8.00. The molecule has 5 heteroatoms. The lowest BCUT2D eigenvalue weighted by Crippen LogP contribution is -2.54. The van der Waals surface area contributed by atoms with Crippen LogP contribution in [-0.4, -0.2) is 40.6 Å². The van der Waals surface area contributed by atoms with Gasteiger partial charge in [-0.05, 0) is 51.3 Å². The molecule has 0 fully saturated rings. The smallest absolute Gasteiger partial charge is 0.243 e. The van der Waals surface area contributed by atoms with Crippen molar-refractivity contribution >= 4 is 23.6 Å². The van der Waals surface area contributed by atoms with Crippen LogP contribution in [0.4, 0.5) is 0 Å². The van der Waals surface area contributed by atoms with E-state index < -0.39 is 6.04 Å². The molecule has 1 N–H and O–H groups in total. The van der Waals surface area contributed by atoms with Crippen molar-refractivity contribution in [2.75, 3.05) is 12.3 Å². The quantitative estimate of drug-likeness (QED) is 0.615. The average Bonchev–Trinajstić information content (AvgIpc) is 2.69. The number of rotatable bonds is 9. The highest BCUT2D eigenvalue weighted by atomic mass is 32.2. The lowest BCUT2D eigenvalue weighted by molar-refractivity contribution is -0.139. The summed E-state index contributed by atoms with van der Waals surface area (Å²) in [7, 11) is 0. The zero-order chi connectivity index (χ0) is 21.3. The molecule has 0 aliphatic heterocycles. The Labute approximate surface area is 179 Å². The number of hydrogen-bond donors (Lipinski definition) is 1. The highest BCUT2D eigenvalue weighted by Crippen LogP contribution is 2.19. The number of carbonyl (C=O) groups excluding carboxylic acids is 2. The lowest BCUT2D eigenvalue weighted by atomic mass is 10.1. The molecule has 0 aromatic heterocycles. The fourth-order valence-electron chi connectivity index (χ4n) is 3.09. The Kier molecular flexibility index (Phi) is 8.77. The van der Waals surface area contributed by atoms with Gasteiger partial charge in [-0.1, -0.05) is 55.5 Å². The van der Waals surface area contributed by atoms with Crippen molar-refractivity contribution in [2.24, 2.45) is 0 Å². The van der Waals surface area contributed by atoms with E-state index in [1.807, 2.05) is 76.2 Å². The molecule has 2 aromatic carbocycles. The van der Waals surface area contributed by atoms with Gasteiger partial charge in [-0.25, -0.2) is 0 Å². The van der Waals surface area contributed by atoms with Crippen LogP contribution in [0, 0.1) is 0 Å². The summed E-state index contributed by atoms with van der Waals surface area (Å²) in [5, 5.41) is 3.04. The van der Waals surface area contributed by atoms with Crippen LogP contribution in [0.2, 0.25) is 0 Å². The predicted molar refractivity (Wildman–Crippen MR) is 121 cm³/mol. The summed E-state index contributed by atoms with van der Waals surface area (Å²) >= 11 is 1.51. The molecule has 156 valence electrons. The fourth-order valence-corrected chi connectivity index (χ4v) is 3.90. The van der Waals surface area contributed by atoms with E-state index >= 15 is 0 Å². The maximum absolute atomic E-state index is 13.1. The first-order chi connectivity index (χ1) is 13.8. The number of nitrogens with zero attached hydrogens (tertiary/aromatic N) is 1. The largest absolute Gasteiger partial charge is 0.350 e. The second-order valence-electron chi connectivity index (χ2n) is 8.09. The third kappa shape index (κ3) is 7.94. The Bertz CT molecular complexity index is 772. The van der Waals surface area contributed by atoms with Crippen molar-refractivity contribution in [3.05, 3.63) is 66.2 Å². The van der Waals surface area contributed by atoms with Crippen molar-refractivity contribution in [3.8, 4) is 0 Å². The molecule has 0 radical (unpaired) electrons. The Morgan fingerprint density at radius 3 is 2.14 bits per heavy atom. The van der Waals surface area contributed by atoms with E-state index in [-0.39, 0.29) is 17.4 Å². The zero-order valence-corrected chi connectivity index (χ0v) is 18.7. The molecule has 0 heterocycles. The molecule has 0 saturated heterocycles. The normalized spacial score (nSPS) is 12.3. The summed E-state index contributed by atoms with van der Waals surface area (Å²) in [6.45, 7) is 8.35. The van der Waals surface area contributed by atoms with Crippen molar-refractivity contribution in [1.29, 1.82) is 0 Å². The Morgan fingerprint density at radius 2 is 1.59 bits per heavy atom. The molecule has 2 amide bonds. The summed E-state index contributed by atoms with van der Waals surface area (Å²) < 4.78 is 0. The van der Waals surface area contributed by atoms with Gasteiger partial charge in [-0.2, -0.15) is 0 Å². The molecular weight excluding hydrogens is 380 g/mol. The van der Waals surface area contributed by atoms with E-state index in [9.17, 15) is 9.59 Å². The minimum atomic E-state index is -0.471. The van der Waals surface area contributed by atoms with E-state index in [0.29, 0.717) is 18.7 Å². The lowest BCUT2D eigenvalue weighted by Gasteiger charge is -2.33. The van der Waals surface area contributed by atoms with E-state index in [1.165, 1.54) is 11.8 Å². The van der Waals surface area contributed by atoms with Gasteiger partial charge >= 0.3 is 0 Å². The number of amides is 2. The molecule has 0 aliphatic carbocycles. The molecule has 2 rings (SSSR count). The standard InChI is InChI=1S/C24H32N2O2S/c1-5-21(23(28)25-24(2,3)4)26(17-16-19-12-8-6-9-13-19)22(27)18-29-20-14-10-7-11-15-20/h6-15,21H,5,16-18H2,1-4H3,(H,25,28)/t21-/m0/s1. The number of carbonyl (C=O) groups is 2. The van der Waals surface area contributed by atoms with Gasteiger partial charge in [0.2, 0.25) is 11.8 Å². The monoisotopic (exact) mass is 412 g/mol. The Hall–Kier alpha value is -2.27. The van der Waals surface area contributed by atoms with Gasteiger partial charge in [-0.15, -0.1) is 11.8 Å². The molecule has 0 spiro atoms. The van der Waals surface area contributed by atoms with Gasteiger partial charge in [0, 0.05) is 17.0 Å². The third-order valence-electron chi connectivity index (χ3n) is 4.47. The maximum Gasteiger partial charge on any atom is 0.243 e. The van der Waals surface area contributed by atoms with Crippen molar-refractivity contribution in [1.82, 2.24) is 10.2 Å². The molecule has 0 saturated carbocycles. The molecule has 1 atom stereocenters. The van der Waals surface area contributed by atoms with Gasteiger partial charge in [0.25, 0.3) is 0 Å². The fraction of sp³-hybridized carbons (Fsp3) is 0.417. The summed E-state index contributed by atoms with van der Waals surface area (Å²) in [5.74, 6) is 0.217. The molecule has 29 heavy (non-hydrogen) atoms. The van der Waals surface area contributed by atoms with Crippen LogP contribution >= 0.6 is 11.8 Å². The number of benzene rings is 2. The van der Waals surface area contributed by atoms with Gasteiger partial charge in [0.1, 0.15) is 6.04 Å². The molecule has 2 aromatic rings. The van der Waals surface area contributed by atoms with Crippen molar-refractivity contribution < 1.29 is 9.59 Å². The van der Waals surface area contributed by atoms with Crippen LogP contribution in [-0.2, 0) is 16.0 Å². The van der Waals surface area contributed by atoms with Crippen molar-refractivity contribution in [3.63, 3.8) is 0 Å². The van der Waals surface area contributed by atoms with Crippen LogP contribution in [0.15, 0.2) is 65.6 Å². The Morgan fingerprint density at radius 1 is 1.00 bits per heavy atom. The first kappa shape index (κ1) is 23.0. The second kappa shape index (κ2) is 11.1. The van der Waals surface area contributed by atoms with Crippen LogP contribution in [0.5, 0.6) is 0 Å². The van der Waals surface area contributed by atoms with Gasteiger partial charge < -0.3 is 10.2 Å². The van der Waals surface area contributed by atoms with Gasteiger partial charge in [0.15, 0.2) is 0 Å². The molecule has 0 aliphatic rings. The highest BCUT2D eigenvalue weighted by Gasteiger charge is 2.30. The van der Waals surface area contributed by atoms with Gasteiger partial charge in [-0.3, -0.25) is 9.59 Å². The molecule has 0 unspecified atom stereocenters. The summed E-state index contributed by atoms with van der Waals surface area (Å²) in [6.07, 6.45) is 1.31. The van der Waals surface area contributed by atoms with Crippen LogP contribution in [0.25, 0.3) is 0 Å². The number of nitrogens with one attached hydrogen (secondary N) is 1. The summed E-state index contributed by atoms with van der Waals surface area (Å²) in [4.78, 5) is 28.8. The maximum atomic E-state index is 13.1. The van der Waals surface area contributed by atoms with E-state index in [2.05, 4.69) is 17.4 Å². The first-order valence-corrected chi connectivity index (χ1v) is 11.1. The molecular formula is C24H32N2O2S. The summed E-state index contributed by atoms with van der Waals surface area (Å²) in [6, 6.07) is 19.5.